The van der Waals surface area contributed by atoms with Gasteiger partial charge in [0.1, 0.15) is 0 Å². The van der Waals surface area contributed by atoms with Gasteiger partial charge in [0.05, 0.1) is 0 Å². The molecule has 5 aromatic rings. The Morgan fingerprint density at radius 3 is 1.38 bits per heavy atom. The Labute approximate surface area is 233 Å². The maximum absolute atomic E-state index is 14.5. The average Bonchev–Trinajstić information content (AvgIpc) is 3.01. The van der Waals surface area contributed by atoms with Crippen LogP contribution in [-0.4, -0.2) is 26.1 Å². The van der Waals surface area contributed by atoms with Gasteiger partial charge in [0, 0.05) is 0 Å². The zero-order valence-electron chi connectivity index (χ0n) is 21.4. The van der Waals surface area contributed by atoms with Gasteiger partial charge in [-0.15, -0.1) is 0 Å². The molecule has 0 aromatic heterocycles. The normalized spacial score (nSPS) is 12.7. The summed E-state index contributed by atoms with van der Waals surface area (Å²) >= 11 is 0. The number of aliphatic carboxylic acids is 1. The first-order valence-electron chi connectivity index (χ1n) is 12.5. The summed E-state index contributed by atoms with van der Waals surface area (Å²) in [5.74, 6) is -1.07. The molecule has 0 fully saturated rings. The van der Waals surface area contributed by atoms with E-state index >= 15 is 0 Å². The van der Waals surface area contributed by atoms with E-state index in [0.29, 0.717) is 21.2 Å². The van der Waals surface area contributed by atoms with E-state index in [2.05, 4.69) is 0 Å². The molecule has 5 rings (SSSR count). The Kier molecular flexibility index (Phi) is 7.55. The van der Waals surface area contributed by atoms with E-state index in [-0.39, 0.29) is 10.6 Å². The van der Waals surface area contributed by atoms with Gasteiger partial charge in [-0.1, -0.05) is 0 Å². The van der Waals surface area contributed by atoms with Gasteiger partial charge < -0.3 is 0 Å². The molecule has 1 N–H and O–H groups in total. The fraction of sp³-hybridized carbons (Fsp3) is 0.0312. The Bertz CT molecular complexity index is 1540. The van der Waals surface area contributed by atoms with Crippen molar-refractivity contribution in [3.63, 3.8) is 0 Å². The van der Waals surface area contributed by atoms with Crippen LogP contribution in [-0.2, 0) is 18.9 Å². The fourth-order valence-electron chi connectivity index (χ4n) is 5.02. The van der Waals surface area contributed by atoms with E-state index in [0.717, 1.165) is 0 Å². The second-order valence-electron chi connectivity index (χ2n) is 9.06. The van der Waals surface area contributed by atoms with Gasteiger partial charge >= 0.3 is 234 Å². The summed E-state index contributed by atoms with van der Waals surface area (Å²) in [6, 6.07) is 43.5. The Morgan fingerprint density at radius 1 is 0.600 bits per heavy atom. The molecule has 0 amide bonds. The molecular weight excluding hydrogens is 543 g/mol. The van der Waals surface area contributed by atoms with E-state index in [9.17, 15) is 13.2 Å². The number of benzene rings is 5. The number of hydrogen-bond acceptors (Lipinski definition) is 5. The van der Waals surface area contributed by atoms with Crippen LogP contribution in [0.5, 0.6) is 5.75 Å². The van der Waals surface area contributed by atoms with Gasteiger partial charge in [0.15, 0.2) is 0 Å². The van der Waals surface area contributed by atoms with Gasteiger partial charge in [-0.25, -0.2) is 0 Å². The summed E-state index contributed by atoms with van der Waals surface area (Å²) < 4.78 is 41.1. The maximum atomic E-state index is 14.5. The van der Waals surface area contributed by atoms with Crippen LogP contribution in [0.2, 0.25) is 0 Å². The summed E-state index contributed by atoms with van der Waals surface area (Å²) in [5.41, 5.74) is 0. The molecule has 0 spiro atoms. The van der Waals surface area contributed by atoms with Gasteiger partial charge in [0.25, 0.3) is 0 Å². The molecule has 0 unspecified atom stereocenters. The summed E-state index contributed by atoms with van der Waals surface area (Å²) in [6.45, 7) is -5.09. The summed E-state index contributed by atoms with van der Waals surface area (Å²) in [6.07, 6.45) is 0. The molecule has 0 radical (unpaired) electrons. The zero-order chi connectivity index (χ0) is 28.1. The third kappa shape index (κ3) is 4.69. The molecule has 6 nitrogen and oxygen atoms in total. The van der Waals surface area contributed by atoms with Crippen molar-refractivity contribution in [3.8, 4) is 5.75 Å². The third-order valence-corrected chi connectivity index (χ3v) is 14.6. The molecule has 0 bridgehead atoms. The van der Waals surface area contributed by atoms with Crippen molar-refractivity contribution in [2.24, 2.45) is 0 Å². The number of carbonyl (C=O) groups is 1. The second-order valence-corrected chi connectivity index (χ2v) is 15.2. The summed E-state index contributed by atoms with van der Waals surface area (Å²) in [5, 5.41) is 11.9. The Hall–Kier alpha value is -4.29. The van der Waals surface area contributed by atoms with Crippen molar-refractivity contribution >= 4 is 44.1 Å². The van der Waals surface area contributed by atoms with Crippen molar-refractivity contribution in [2.45, 2.75) is 4.90 Å². The molecule has 0 aliphatic carbocycles. The molecule has 0 saturated carbocycles. The molecule has 40 heavy (non-hydrogen) atoms. The summed E-state index contributed by atoms with van der Waals surface area (Å²) in [4.78, 5) is 10.9. The van der Waals surface area contributed by atoms with E-state index in [1.165, 1.54) is 24.3 Å². The van der Waals surface area contributed by atoms with Gasteiger partial charge in [-0.05, 0) is 0 Å². The molecule has 0 saturated heterocycles. The Balaban J connectivity index is 1.89. The first-order valence-corrected chi connectivity index (χ1v) is 16.1. The van der Waals surface area contributed by atoms with E-state index in [1.807, 2.05) is 121 Å². The summed E-state index contributed by atoms with van der Waals surface area (Å²) in [7, 11) is -4.50. The molecule has 0 aliphatic rings. The number of carboxylic acid groups (broad SMARTS) is 1. The van der Waals surface area contributed by atoms with E-state index < -0.39 is 29.5 Å². The second kappa shape index (κ2) is 11.1. The molecule has 0 aliphatic heterocycles. The topological polar surface area (TPSA) is 89.9 Å². The predicted molar refractivity (Wildman–Crippen MR) is 159 cm³/mol. The first-order chi connectivity index (χ1) is 19.4. The van der Waals surface area contributed by atoms with Crippen molar-refractivity contribution in [3.05, 3.63) is 146 Å². The quantitative estimate of drug-likeness (QED) is 0.247. The number of hydrogen-bond donors (Lipinski definition) is 1. The third-order valence-electron chi connectivity index (χ3n) is 6.70. The van der Waals surface area contributed by atoms with Crippen molar-refractivity contribution in [1.29, 1.82) is 0 Å². The zero-order valence-corrected chi connectivity index (χ0v) is 23.1. The minimum atomic E-state index is -4.50. The van der Waals surface area contributed by atoms with Gasteiger partial charge in [-0.2, -0.15) is 0 Å². The average molecular weight is 571 g/mol. The van der Waals surface area contributed by atoms with Crippen molar-refractivity contribution in [1.82, 2.24) is 0 Å². The number of carboxylic acids is 1. The van der Waals surface area contributed by atoms with Crippen LogP contribution in [0, 0.1) is 0 Å². The van der Waals surface area contributed by atoms with Crippen LogP contribution < -0.4 is 26.0 Å². The molecule has 0 heterocycles. The molecule has 0 atom stereocenters. The van der Waals surface area contributed by atoms with Crippen LogP contribution in [0.25, 0.3) is 0 Å². The van der Waals surface area contributed by atoms with Crippen LogP contribution in [0.1, 0.15) is 0 Å². The monoisotopic (exact) mass is 570 g/mol. The predicted octanol–water partition coefficient (Wildman–Crippen LogP) is 4.63. The van der Waals surface area contributed by atoms with E-state index in [1.54, 1.807) is 0 Å². The molecule has 202 valence electrons. The number of ether oxygens (including phenoxy) is 1. The fourth-order valence-corrected chi connectivity index (χ4v) is 13.6. The van der Waals surface area contributed by atoms with Crippen molar-refractivity contribution in [2.75, 3.05) is 6.61 Å². The molecule has 5 aromatic carbocycles. The first kappa shape index (κ1) is 27.3. The van der Waals surface area contributed by atoms with E-state index in [4.69, 9.17) is 13.8 Å². The molecular formula is C32H27O6PS. The van der Waals surface area contributed by atoms with Crippen LogP contribution in [0.4, 0.5) is 0 Å². The SMILES string of the molecule is O=C(O)COc1cccc(S(=O)(=O)OP(c2ccccc2)(c2ccccc2)(c2ccccc2)c2ccccc2)c1. The number of rotatable bonds is 10. The van der Waals surface area contributed by atoms with Crippen LogP contribution in [0.15, 0.2) is 150 Å². The minimum absolute atomic E-state index is 0.103. The van der Waals surface area contributed by atoms with Crippen LogP contribution >= 0.6 is 6.83 Å². The van der Waals surface area contributed by atoms with Gasteiger partial charge in [0.2, 0.25) is 0 Å². The Morgan fingerprint density at radius 2 is 1.00 bits per heavy atom. The van der Waals surface area contributed by atoms with Crippen molar-refractivity contribution < 1.29 is 27.0 Å². The molecule has 8 heteroatoms. The van der Waals surface area contributed by atoms with Crippen LogP contribution in [0.3, 0.4) is 0 Å². The standard InChI is InChI=1S/C32H27O6PS/c33-32(34)25-37-26-14-13-23-31(24-26)40(35,36)38-39(27-15-5-1-6-16-27,28-17-7-2-8-18-28,29-19-9-3-10-20-29)30-21-11-4-12-22-30/h1-24H,25H2,(H,33,34). The van der Waals surface area contributed by atoms with Gasteiger partial charge in [-0.3, -0.25) is 0 Å².